The fourth-order valence-electron chi connectivity index (χ4n) is 10.5. The largest absolute Gasteiger partial charge is 0.459 e. The zero-order valence-electron chi connectivity index (χ0n) is 39.3. The SMILES string of the molecule is C=CCOC12Oc3ccc(Oc4cccc(C=O)c4)cc3C3C(CCCCO)C(CCCCO)C=C(C(=NOCC)CC1N(Cc1ccc(F)cc1)C(=O)CCCCCCCCCCC)C32. The van der Waals surface area contributed by atoms with E-state index in [1.165, 1.54) is 44.2 Å². The Labute approximate surface area is 392 Å². The summed E-state index contributed by atoms with van der Waals surface area (Å²) in [5.74, 6) is -0.740. The topological polar surface area (TPSA) is 127 Å². The summed E-state index contributed by atoms with van der Waals surface area (Å²) in [5, 5.41) is 24.8. The Bertz CT molecular complexity index is 2070. The molecule has 11 heteroatoms. The van der Waals surface area contributed by atoms with Crippen molar-refractivity contribution in [1.82, 2.24) is 4.90 Å². The second-order valence-corrected chi connectivity index (χ2v) is 18.2. The molecule has 358 valence electrons. The molecule has 1 amide bonds. The standard InChI is InChI=1S/C55H73FN2O8/c1-4-7-8-9-10-11-12-13-14-24-52(62)58(38-40-25-27-43(56)28-26-40)51-37-49(57-64-6-3)47-35-42(21-15-17-31-59)46(23-16-18-32-60)53-48-36-45(65-44-22-19-20-41(34-44)39-61)29-30-50(48)66-55(51,54(47)53)63-33-5-2/h5,19-20,22,25-30,34-36,39,42,46,51,53-54,59-60H,2,4,6-18,21,23-24,31-33,37-38H2,1,3H3. The van der Waals surface area contributed by atoms with Gasteiger partial charge in [-0.05, 0) is 104 Å². The first-order valence-electron chi connectivity index (χ1n) is 24.8. The molecule has 0 saturated heterocycles. The Balaban J connectivity index is 1.50. The highest BCUT2D eigenvalue weighted by molar-refractivity contribution is 6.03. The molecule has 1 aliphatic heterocycles. The fourth-order valence-corrected chi connectivity index (χ4v) is 10.5. The van der Waals surface area contributed by atoms with Crippen LogP contribution in [0, 0.1) is 23.6 Å². The van der Waals surface area contributed by atoms with E-state index in [4.69, 9.17) is 24.2 Å². The lowest BCUT2D eigenvalue weighted by Crippen LogP contribution is -2.70. The molecule has 10 nitrogen and oxygen atoms in total. The van der Waals surface area contributed by atoms with Gasteiger partial charge in [0, 0.05) is 49.6 Å². The van der Waals surface area contributed by atoms with Crippen molar-refractivity contribution in [2.45, 2.75) is 147 Å². The summed E-state index contributed by atoms with van der Waals surface area (Å²) in [4.78, 5) is 34.6. The first kappa shape index (κ1) is 50.6. The number of fused-ring (bicyclic) bond motifs is 2. The van der Waals surface area contributed by atoms with Crippen LogP contribution in [0.15, 0.2) is 96.2 Å². The number of benzene rings is 3. The highest BCUT2D eigenvalue weighted by atomic mass is 19.1. The van der Waals surface area contributed by atoms with Crippen molar-refractivity contribution in [2.24, 2.45) is 22.9 Å². The quantitative estimate of drug-likeness (QED) is 0.0305. The Hall–Kier alpha value is -4.84. The molecule has 3 aliphatic rings. The van der Waals surface area contributed by atoms with E-state index in [0.717, 1.165) is 80.1 Å². The maximum absolute atomic E-state index is 15.1. The molecule has 6 rings (SSSR count). The van der Waals surface area contributed by atoms with E-state index in [9.17, 15) is 19.4 Å². The number of ether oxygens (including phenoxy) is 3. The number of halogens is 1. The molecule has 6 unspecified atom stereocenters. The molecule has 0 radical (unpaired) electrons. The van der Waals surface area contributed by atoms with E-state index in [0.29, 0.717) is 48.7 Å². The number of amides is 1. The number of aliphatic hydroxyl groups is 2. The summed E-state index contributed by atoms with van der Waals surface area (Å²) in [6.45, 7) is 9.05. The van der Waals surface area contributed by atoms with Gasteiger partial charge < -0.3 is 34.2 Å². The summed E-state index contributed by atoms with van der Waals surface area (Å²) >= 11 is 0. The molecule has 0 spiro atoms. The summed E-state index contributed by atoms with van der Waals surface area (Å²) in [6.07, 6.45) is 20.1. The van der Waals surface area contributed by atoms with Crippen LogP contribution in [0.25, 0.3) is 0 Å². The fraction of sp³-hybridized carbons (Fsp3) is 0.545. The average molecular weight is 909 g/mol. The van der Waals surface area contributed by atoms with E-state index in [1.807, 2.05) is 36.1 Å². The maximum atomic E-state index is 15.1. The lowest BCUT2D eigenvalue weighted by atomic mass is 9.55. The van der Waals surface area contributed by atoms with Crippen LogP contribution >= 0.6 is 0 Å². The van der Waals surface area contributed by atoms with Gasteiger partial charge in [-0.25, -0.2) is 4.39 Å². The molecule has 0 bridgehead atoms. The van der Waals surface area contributed by atoms with Gasteiger partial charge in [0.15, 0.2) is 0 Å². The number of hydrogen-bond acceptors (Lipinski definition) is 9. The van der Waals surface area contributed by atoms with Gasteiger partial charge in [0.05, 0.1) is 18.2 Å². The summed E-state index contributed by atoms with van der Waals surface area (Å²) < 4.78 is 35.4. The predicted octanol–water partition coefficient (Wildman–Crippen LogP) is 12.0. The van der Waals surface area contributed by atoms with E-state index >= 15 is 4.79 Å². The van der Waals surface area contributed by atoms with Crippen molar-refractivity contribution in [3.05, 3.63) is 114 Å². The Kier molecular flexibility index (Phi) is 19.8. The minimum Gasteiger partial charge on any atom is -0.459 e. The molecule has 2 N–H and O–H groups in total. The van der Waals surface area contributed by atoms with Crippen LogP contribution in [0.5, 0.6) is 17.2 Å². The van der Waals surface area contributed by atoms with Gasteiger partial charge >= 0.3 is 0 Å². The Morgan fingerprint density at radius 2 is 1.61 bits per heavy atom. The van der Waals surface area contributed by atoms with Crippen LogP contribution in [0.1, 0.15) is 150 Å². The number of carbonyl (C=O) groups is 2. The highest BCUT2D eigenvalue weighted by Crippen LogP contribution is 2.62. The number of nitrogens with zero attached hydrogens (tertiary/aromatic N) is 2. The van der Waals surface area contributed by atoms with Gasteiger partial charge in [0.2, 0.25) is 11.7 Å². The normalized spacial score (nSPS) is 22.4. The first-order chi connectivity index (χ1) is 32.3. The zero-order chi connectivity index (χ0) is 46.7. The van der Waals surface area contributed by atoms with Crippen molar-refractivity contribution in [1.29, 1.82) is 0 Å². The minimum atomic E-state index is -1.43. The van der Waals surface area contributed by atoms with Crippen LogP contribution in [0.3, 0.4) is 0 Å². The van der Waals surface area contributed by atoms with Gasteiger partial charge in [0.25, 0.3) is 0 Å². The van der Waals surface area contributed by atoms with Gasteiger partial charge in [-0.3, -0.25) is 9.59 Å². The van der Waals surface area contributed by atoms with Crippen LogP contribution in [-0.2, 0) is 20.9 Å². The molecule has 6 atom stereocenters. The second kappa shape index (κ2) is 25.9. The smallest absolute Gasteiger partial charge is 0.239 e. The first-order valence-corrected chi connectivity index (χ1v) is 24.8. The third-order valence-corrected chi connectivity index (χ3v) is 13.6. The van der Waals surface area contributed by atoms with Crippen molar-refractivity contribution in [3.8, 4) is 17.2 Å². The lowest BCUT2D eigenvalue weighted by molar-refractivity contribution is -0.258. The number of rotatable bonds is 29. The minimum absolute atomic E-state index is 0.0299. The number of aliphatic hydroxyl groups excluding tert-OH is 2. The molecule has 0 aromatic heterocycles. The molecule has 66 heavy (non-hydrogen) atoms. The number of carbonyl (C=O) groups excluding carboxylic acids is 2. The molecule has 3 aromatic carbocycles. The Morgan fingerprint density at radius 1 is 0.894 bits per heavy atom. The molecular weight excluding hydrogens is 836 g/mol. The number of hydrogen-bond donors (Lipinski definition) is 2. The molecular formula is C55H73FN2O8. The molecule has 3 aromatic rings. The van der Waals surface area contributed by atoms with E-state index in [2.05, 4.69) is 19.6 Å². The van der Waals surface area contributed by atoms with Gasteiger partial charge in [-0.1, -0.05) is 113 Å². The summed E-state index contributed by atoms with van der Waals surface area (Å²) in [6, 6.07) is 18.5. The Morgan fingerprint density at radius 3 is 2.30 bits per heavy atom. The predicted molar refractivity (Wildman–Crippen MR) is 257 cm³/mol. The monoisotopic (exact) mass is 909 g/mol. The lowest BCUT2D eigenvalue weighted by Gasteiger charge is -2.60. The average Bonchev–Trinajstić information content (AvgIpc) is 3.33. The third kappa shape index (κ3) is 12.8. The van der Waals surface area contributed by atoms with Crippen molar-refractivity contribution in [3.63, 3.8) is 0 Å². The van der Waals surface area contributed by atoms with Crippen LogP contribution in [0.2, 0.25) is 0 Å². The number of aldehydes is 1. The van der Waals surface area contributed by atoms with Gasteiger partial charge in [-0.2, -0.15) is 0 Å². The second-order valence-electron chi connectivity index (χ2n) is 18.2. The third-order valence-electron chi connectivity index (χ3n) is 13.6. The van der Waals surface area contributed by atoms with E-state index in [-0.39, 0.29) is 62.3 Å². The maximum Gasteiger partial charge on any atom is 0.239 e. The molecule has 1 heterocycles. The highest BCUT2D eigenvalue weighted by Gasteiger charge is 2.65. The number of allylic oxidation sites excluding steroid dienone is 1. The number of unbranched alkanes of at least 4 members (excludes halogenated alkanes) is 10. The molecule has 1 fully saturated rings. The van der Waals surface area contributed by atoms with Gasteiger partial charge in [0.1, 0.15) is 42.0 Å². The molecule has 2 aliphatic carbocycles. The van der Waals surface area contributed by atoms with Crippen LogP contribution in [0.4, 0.5) is 4.39 Å². The summed E-state index contributed by atoms with van der Waals surface area (Å²) in [7, 11) is 0. The van der Waals surface area contributed by atoms with Crippen molar-refractivity contribution < 1.29 is 43.2 Å². The van der Waals surface area contributed by atoms with E-state index < -0.39 is 17.7 Å². The van der Waals surface area contributed by atoms with Gasteiger partial charge in [-0.15, -0.1) is 6.58 Å². The number of oxime groups is 1. The van der Waals surface area contributed by atoms with Crippen LogP contribution in [-0.4, -0.2) is 71.3 Å². The van der Waals surface area contributed by atoms with Crippen LogP contribution < -0.4 is 9.47 Å². The summed E-state index contributed by atoms with van der Waals surface area (Å²) in [5.41, 5.74) is 3.88. The van der Waals surface area contributed by atoms with E-state index in [1.54, 1.807) is 36.4 Å². The zero-order valence-corrected chi connectivity index (χ0v) is 39.3. The van der Waals surface area contributed by atoms with Crippen molar-refractivity contribution >= 4 is 17.9 Å². The van der Waals surface area contributed by atoms with Crippen molar-refractivity contribution in [2.75, 3.05) is 26.4 Å². The molecule has 1 saturated carbocycles.